The smallest absolute Gasteiger partial charge is 0.492 e. The summed E-state index contributed by atoms with van der Waals surface area (Å²) in [6.45, 7) is 8.66. The summed E-state index contributed by atoms with van der Waals surface area (Å²) in [6.07, 6.45) is 0. The highest BCUT2D eigenvalue weighted by Gasteiger charge is 2.51. The molecule has 104 valence electrons. The highest BCUT2D eigenvalue weighted by molar-refractivity contribution is 6.62. The fourth-order valence-corrected chi connectivity index (χ4v) is 1.96. The zero-order valence-electron chi connectivity index (χ0n) is 11.9. The maximum Gasteiger partial charge on any atom is 0.494 e. The minimum absolute atomic E-state index is 0.329. The number of rotatable bonds is 4. The molecule has 0 amide bonds. The lowest BCUT2D eigenvalue weighted by Gasteiger charge is -2.32. The largest absolute Gasteiger partial charge is 0.494 e. The summed E-state index contributed by atoms with van der Waals surface area (Å²) >= 11 is 5.62. The van der Waals surface area contributed by atoms with Crippen molar-refractivity contribution >= 4 is 24.2 Å². The van der Waals surface area contributed by atoms with E-state index in [2.05, 4.69) is 0 Å². The molecule has 3 nitrogen and oxygen atoms in total. The van der Waals surface area contributed by atoms with Gasteiger partial charge < -0.3 is 14.0 Å². The van der Waals surface area contributed by atoms with Crippen molar-refractivity contribution < 1.29 is 14.0 Å². The van der Waals surface area contributed by atoms with E-state index in [1.165, 1.54) is 0 Å². The van der Waals surface area contributed by atoms with Gasteiger partial charge in [0.1, 0.15) is 12.4 Å². The number of benzene rings is 1. The van der Waals surface area contributed by atoms with Gasteiger partial charge in [0.15, 0.2) is 0 Å². The molecule has 1 saturated heterocycles. The molecule has 0 bridgehead atoms. The monoisotopic (exact) mass is 282 g/mol. The van der Waals surface area contributed by atoms with Crippen LogP contribution in [0.1, 0.15) is 27.7 Å². The molecular formula is C14H20BClO3. The number of ether oxygens (including phenoxy) is 1. The molecule has 1 fully saturated rings. The van der Waals surface area contributed by atoms with Crippen LogP contribution in [0.25, 0.3) is 0 Å². The maximum atomic E-state index is 6.01. The summed E-state index contributed by atoms with van der Waals surface area (Å²) in [5, 5.41) is 0. The predicted molar refractivity (Wildman–Crippen MR) is 78.4 cm³/mol. The van der Waals surface area contributed by atoms with Gasteiger partial charge in [-0.3, -0.25) is 0 Å². The first-order valence-corrected chi connectivity index (χ1v) is 7.03. The number of alkyl halides is 1. The van der Waals surface area contributed by atoms with Crippen LogP contribution in [0.15, 0.2) is 24.3 Å². The Kier molecular flexibility index (Phi) is 4.14. The van der Waals surface area contributed by atoms with Crippen LogP contribution in [0.3, 0.4) is 0 Å². The third kappa shape index (κ3) is 3.07. The van der Waals surface area contributed by atoms with Crippen LogP contribution in [0.5, 0.6) is 5.75 Å². The summed E-state index contributed by atoms with van der Waals surface area (Å²) in [5.41, 5.74) is 0.306. The summed E-state index contributed by atoms with van der Waals surface area (Å²) in [5.74, 6) is 1.26. The molecule has 1 aromatic rings. The molecule has 0 aromatic heterocycles. The Hall–Kier alpha value is -0.705. The van der Waals surface area contributed by atoms with E-state index in [0.29, 0.717) is 12.5 Å². The molecule has 1 aliphatic rings. The Morgan fingerprint density at radius 3 is 2.37 bits per heavy atom. The number of hydrogen-bond donors (Lipinski definition) is 0. The Labute approximate surface area is 120 Å². The van der Waals surface area contributed by atoms with E-state index in [1.807, 2.05) is 52.0 Å². The van der Waals surface area contributed by atoms with Crippen molar-refractivity contribution in [3.63, 3.8) is 0 Å². The molecule has 19 heavy (non-hydrogen) atoms. The van der Waals surface area contributed by atoms with Gasteiger partial charge in [-0.05, 0) is 45.3 Å². The van der Waals surface area contributed by atoms with Crippen LogP contribution in [0.2, 0.25) is 0 Å². The third-order valence-corrected chi connectivity index (χ3v) is 3.88. The maximum absolute atomic E-state index is 6.01. The average molecular weight is 283 g/mol. The Balaban J connectivity index is 2.15. The Bertz CT molecular complexity index is 432. The van der Waals surface area contributed by atoms with Crippen LogP contribution < -0.4 is 10.2 Å². The van der Waals surface area contributed by atoms with Crippen LogP contribution in [0, 0.1) is 0 Å². The van der Waals surface area contributed by atoms with Crippen molar-refractivity contribution in [1.82, 2.24) is 0 Å². The van der Waals surface area contributed by atoms with E-state index in [4.69, 9.17) is 25.6 Å². The van der Waals surface area contributed by atoms with Crippen molar-refractivity contribution in [2.24, 2.45) is 0 Å². The molecule has 0 atom stereocenters. The molecule has 2 rings (SSSR count). The highest BCUT2D eigenvalue weighted by atomic mass is 35.5. The van der Waals surface area contributed by atoms with E-state index in [0.717, 1.165) is 11.2 Å². The van der Waals surface area contributed by atoms with Gasteiger partial charge >= 0.3 is 7.12 Å². The van der Waals surface area contributed by atoms with Crippen molar-refractivity contribution in [1.29, 1.82) is 0 Å². The summed E-state index contributed by atoms with van der Waals surface area (Å²) in [7, 11) is -0.357. The first-order chi connectivity index (χ1) is 8.86. The topological polar surface area (TPSA) is 27.7 Å². The van der Waals surface area contributed by atoms with E-state index >= 15 is 0 Å². The number of hydrogen-bond acceptors (Lipinski definition) is 3. The molecule has 0 saturated carbocycles. The molecule has 1 aromatic carbocycles. The van der Waals surface area contributed by atoms with Gasteiger partial charge in [0.2, 0.25) is 0 Å². The van der Waals surface area contributed by atoms with E-state index < -0.39 is 0 Å². The van der Waals surface area contributed by atoms with Gasteiger partial charge in [-0.15, -0.1) is 11.6 Å². The normalized spacial score (nSPS) is 20.6. The van der Waals surface area contributed by atoms with Crippen LogP contribution in [0.4, 0.5) is 0 Å². The second kappa shape index (κ2) is 5.35. The predicted octanol–water partition coefficient (Wildman–Crippen LogP) is 2.60. The van der Waals surface area contributed by atoms with Gasteiger partial charge in [-0.2, -0.15) is 0 Å². The molecule has 5 heteroatoms. The quantitative estimate of drug-likeness (QED) is 0.627. The SMILES string of the molecule is CC1(C)OB(c2cccc(OCCCl)c2)OC1(C)C. The zero-order chi connectivity index (χ0) is 14.1. The van der Waals surface area contributed by atoms with E-state index in [1.54, 1.807) is 0 Å². The standard InChI is InChI=1S/C14H20BClO3/c1-13(2)14(3,4)19-15(18-13)11-6-5-7-12(10-11)17-9-8-16/h5-7,10H,8-9H2,1-4H3. The first-order valence-electron chi connectivity index (χ1n) is 6.50. The van der Waals surface area contributed by atoms with Gasteiger partial charge in [0, 0.05) is 0 Å². The molecule has 0 unspecified atom stereocenters. The summed E-state index contributed by atoms with van der Waals surface area (Å²) < 4.78 is 17.5. The Morgan fingerprint density at radius 1 is 1.16 bits per heavy atom. The molecule has 0 spiro atoms. The third-order valence-electron chi connectivity index (χ3n) is 3.73. The van der Waals surface area contributed by atoms with Crippen LogP contribution in [-0.2, 0) is 9.31 Å². The van der Waals surface area contributed by atoms with E-state index in [9.17, 15) is 0 Å². The minimum Gasteiger partial charge on any atom is -0.492 e. The first kappa shape index (κ1) is 14.7. The molecule has 0 radical (unpaired) electrons. The summed E-state index contributed by atoms with van der Waals surface area (Å²) in [6, 6.07) is 7.76. The molecule has 0 aliphatic carbocycles. The molecular weight excluding hydrogens is 262 g/mol. The fraction of sp³-hybridized carbons (Fsp3) is 0.571. The van der Waals surface area contributed by atoms with Crippen molar-refractivity contribution in [2.45, 2.75) is 38.9 Å². The molecule has 1 heterocycles. The van der Waals surface area contributed by atoms with Gasteiger partial charge in [0.05, 0.1) is 17.1 Å². The second-order valence-corrected chi connectivity index (χ2v) is 6.08. The molecule has 1 aliphatic heterocycles. The van der Waals surface area contributed by atoms with E-state index in [-0.39, 0.29) is 18.3 Å². The van der Waals surface area contributed by atoms with Gasteiger partial charge in [0.25, 0.3) is 0 Å². The lowest BCUT2D eigenvalue weighted by atomic mass is 9.79. The second-order valence-electron chi connectivity index (χ2n) is 5.70. The van der Waals surface area contributed by atoms with Crippen molar-refractivity contribution in [2.75, 3.05) is 12.5 Å². The van der Waals surface area contributed by atoms with Crippen LogP contribution >= 0.6 is 11.6 Å². The molecule has 0 N–H and O–H groups in total. The fourth-order valence-electron chi connectivity index (χ4n) is 1.89. The average Bonchev–Trinajstić information content (AvgIpc) is 2.56. The van der Waals surface area contributed by atoms with Gasteiger partial charge in [-0.1, -0.05) is 12.1 Å². The number of halogens is 1. The summed E-state index contributed by atoms with van der Waals surface area (Å²) in [4.78, 5) is 0. The zero-order valence-corrected chi connectivity index (χ0v) is 12.7. The lowest BCUT2D eigenvalue weighted by Crippen LogP contribution is -2.41. The highest BCUT2D eigenvalue weighted by Crippen LogP contribution is 2.36. The Morgan fingerprint density at radius 2 is 1.79 bits per heavy atom. The van der Waals surface area contributed by atoms with Crippen molar-refractivity contribution in [3.05, 3.63) is 24.3 Å². The van der Waals surface area contributed by atoms with Crippen LogP contribution in [-0.4, -0.2) is 30.8 Å². The van der Waals surface area contributed by atoms with Crippen molar-refractivity contribution in [3.8, 4) is 5.75 Å². The lowest BCUT2D eigenvalue weighted by molar-refractivity contribution is 0.00578. The minimum atomic E-state index is -0.357. The van der Waals surface area contributed by atoms with Gasteiger partial charge in [-0.25, -0.2) is 0 Å².